The van der Waals surface area contributed by atoms with Crippen molar-refractivity contribution in [3.63, 3.8) is 0 Å². The molecule has 4 aromatic rings. The average molecular weight is 557 g/mol. The normalized spacial score (nSPS) is 15.3. The third-order valence-electron chi connectivity index (χ3n) is 7.20. The minimum atomic E-state index is -3.66. The topological polar surface area (TPSA) is 125 Å². The van der Waals surface area contributed by atoms with E-state index in [2.05, 4.69) is 21.4 Å². The zero-order valence-electron chi connectivity index (χ0n) is 21.7. The third-order valence-corrected chi connectivity index (χ3v) is 9.11. The summed E-state index contributed by atoms with van der Waals surface area (Å²) in [6.45, 7) is 0.750. The van der Waals surface area contributed by atoms with E-state index in [-0.39, 0.29) is 22.7 Å². The Morgan fingerprint density at radius 2 is 1.68 bits per heavy atom. The van der Waals surface area contributed by atoms with Gasteiger partial charge in [0.25, 0.3) is 0 Å². The first-order valence-electron chi connectivity index (χ1n) is 13.0. The van der Waals surface area contributed by atoms with Gasteiger partial charge in [0.15, 0.2) is 0 Å². The first-order chi connectivity index (χ1) is 19.3. The van der Waals surface area contributed by atoms with Crippen LogP contribution in [-0.2, 0) is 16.4 Å². The lowest BCUT2D eigenvalue weighted by Crippen LogP contribution is -2.40. The quantitative estimate of drug-likeness (QED) is 0.306. The maximum atomic E-state index is 13.3. The molecule has 0 spiro atoms. The highest BCUT2D eigenvalue weighted by atomic mass is 32.2. The Morgan fingerprint density at radius 1 is 1.00 bits per heavy atom. The molecule has 40 heavy (non-hydrogen) atoms. The van der Waals surface area contributed by atoms with Crippen molar-refractivity contribution in [3.05, 3.63) is 102 Å². The van der Waals surface area contributed by atoms with Crippen LogP contribution in [0.4, 0.5) is 16.0 Å². The number of anilines is 2. The molecule has 1 fully saturated rings. The Morgan fingerprint density at radius 3 is 2.33 bits per heavy atom. The molecule has 10 heteroatoms. The van der Waals surface area contributed by atoms with Gasteiger partial charge in [0.2, 0.25) is 16.0 Å². The molecule has 3 aromatic carbocycles. The molecule has 204 valence electrons. The molecule has 0 radical (unpaired) electrons. The Labute approximate surface area is 233 Å². The van der Waals surface area contributed by atoms with Crippen molar-refractivity contribution in [1.29, 1.82) is 5.26 Å². The number of nitriles is 1. The van der Waals surface area contributed by atoms with Crippen LogP contribution in [0.25, 0.3) is 11.3 Å². The number of piperidine rings is 1. The van der Waals surface area contributed by atoms with Crippen LogP contribution in [0.5, 0.6) is 0 Å². The van der Waals surface area contributed by atoms with Gasteiger partial charge in [-0.3, -0.25) is 0 Å². The molecule has 0 saturated carbocycles. The molecule has 0 bridgehead atoms. The molecule has 1 saturated heterocycles. The molecule has 0 amide bonds. The summed E-state index contributed by atoms with van der Waals surface area (Å²) >= 11 is 0. The number of halogens is 1. The Balaban J connectivity index is 1.21. The van der Waals surface area contributed by atoms with Crippen LogP contribution in [0.1, 0.15) is 30.0 Å². The molecule has 2 heterocycles. The molecule has 8 nitrogen and oxygen atoms in total. The number of benzene rings is 3. The van der Waals surface area contributed by atoms with E-state index in [1.165, 1.54) is 16.4 Å². The van der Waals surface area contributed by atoms with Gasteiger partial charge in [-0.1, -0.05) is 36.4 Å². The zero-order valence-corrected chi connectivity index (χ0v) is 22.6. The number of hydrogen-bond acceptors (Lipinski definition) is 7. The second-order valence-corrected chi connectivity index (χ2v) is 11.7. The van der Waals surface area contributed by atoms with E-state index in [0.29, 0.717) is 44.0 Å². The Hall–Kier alpha value is -4.17. The van der Waals surface area contributed by atoms with Crippen LogP contribution in [0.2, 0.25) is 0 Å². The molecule has 0 aliphatic carbocycles. The van der Waals surface area contributed by atoms with E-state index in [1.54, 1.807) is 48.7 Å². The van der Waals surface area contributed by atoms with E-state index >= 15 is 0 Å². The van der Waals surface area contributed by atoms with Gasteiger partial charge in [0.1, 0.15) is 5.82 Å². The number of nitrogens with two attached hydrogens (primary N) is 1. The summed E-state index contributed by atoms with van der Waals surface area (Å²) in [7, 11) is -3.66. The zero-order chi connectivity index (χ0) is 28.1. The van der Waals surface area contributed by atoms with E-state index < -0.39 is 10.0 Å². The van der Waals surface area contributed by atoms with Crippen molar-refractivity contribution in [2.45, 2.75) is 30.2 Å². The monoisotopic (exact) mass is 556 g/mol. The summed E-state index contributed by atoms with van der Waals surface area (Å²) in [5.74, 6) is 0.196. The Bertz CT molecular complexity index is 1600. The number of rotatable bonds is 8. The summed E-state index contributed by atoms with van der Waals surface area (Å²) < 4.78 is 41.3. The smallest absolute Gasteiger partial charge is 0.243 e. The highest BCUT2D eigenvalue weighted by Crippen LogP contribution is 2.32. The van der Waals surface area contributed by atoms with Gasteiger partial charge in [-0.15, -0.1) is 0 Å². The largest absolute Gasteiger partial charge is 0.324 e. The lowest BCUT2D eigenvalue weighted by atomic mass is 9.86. The minimum absolute atomic E-state index is 0.120. The van der Waals surface area contributed by atoms with Gasteiger partial charge in [-0.25, -0.2) is 22.8 Å². The third kappa shape index (κ3) is 6.18. The van der Waals surface area contributed by atoms with Gasteiger partial charge < -0.3 is 11.1 Å². The van der Waals surface area contributed by atoms with Crippen molar-refractivity contribution in [2.24, 2.45) is 11.7 Å². The molecule has 1 aliphatic rings. The van der Waals surface area contributed by atoms with Crippen LogP contribution in [0.3, 0.4) is 0 Å². The lowest BCUT2D eigenvalue weighted by molar-refractivity contribution is 0.245. The van der Waals surface area contributed by atoms with Gasteiger partial charge in [-0.2, -0.15) is 9.57 Å². The number of nitrogens with one attached hydrogen (secondary N) is 1. The van der Waals surface area contributed by atoms with Crippen molar-refractivity contribution in [3.8, 4) is 17.3 Å². The van der Waals surface area contributed by atoms with Gasteiger partial charge in [0.05, 0.1) is 23.1 Å². The predicted molar refractivity (Wildman–Crippen MR) is 151 cm³/mol. The number of hydrogen-bond donors (Lipinski definition) is 2. The second kappa shape index (κ2) is 11.9. The first kappa shape index (κ1) is 27.4. The maximum absolute atomic E-state index is 13.3. The molecular weight excluding hydrogens is 527 g/mol. The van der Waals surface area contributed by atoms with E-state index in [9.17, 15) is 12.8 Å². The van der Waals surface area contributed by atoms with Crippen molar-refractivity contribution in [2.75, 3.05) is 18.4 Å². The molecular formula is C30H29FN6O2S. The van der Waals surface area contributed by atoms with Gasteiger partial charge in [-0.05, 0) is 72.4 Å². The van der Waals surface area contributed by atoms with Crippen LogP contribution in [0.15, 0.2) is 90.0 Å². The summed E-state index contributed by atoms with van der Waals surface area (Å²) in [5.41, 5.74) is 10.5. The second-order valence-electron chi connectivity index (χ2n) is 9.77. The molecule has 1 aromatic heterocycles. The highest BCUT2D eigenvalue weighted by molar-refractivity contribution is 7.89. The first-order valence-corrected chi connectivity index (χ1v) is 14.4. The molecule has 1 atom stereocenters. The van der Waals surface area contributed by atoms with Crippen molar-refractivity contribution in [1.82, 2.24) is 14.3 Å². The fourth-order valence-electron chi connectivity index (χ4n) is 4.89. The van der Waals surface area contributed by atoms with Gasteiger partial charge >= 0.3 is 0 Å². The minimum Gasteiger partial charge on any atom is -0.324 e. The van der Waals surface area contributed by atoms with Crippen LogP contribution in [-0.4, -0.2) is 35.8 Å². The molecule has 3 N–H and O–H groups in total. The van der Waals surface area contributed by atoms with E-state index in [0.717, 1.165) is 22.4 Å². The van der Waals surface area contributed by atoms with E-state index in [1.807, 2.05) is 24.3 Å². The fourth-order valence-corrected chi connectivity index (χ4v) is 6.35. The summed E-state index contributed by atoms with van der Waals surface area (Å²) in [5, 5.41) is 12.0. The standard InChI is InChI=1S/C30H29FN6O2S/c31-25-7-5-23(6-8-25)29(33)24-15-19-37(20-16-24)40(38,39)27-11-9-26(10-12-27)35-30-34-18-14-28(36-30)22-3-1-21(2-4-22)13-17-32/h1-12,14,18,24,29H,13,15-16,19-20,33H2,(H,34,35,36)/t29-/m1/s1. The molecule has 5 rings (SSSR count). The number of aromatic nitrogens is 2. The lowest BCUT2D eigenvalue weighted by Gasteiger charge is -2.34. The molecule has 0 unspecified atom stereocenters. The summed E-state index contributed by atoms with van der Waals surface area (Å²) in [6, 6.07) is 24.0. The van der Waals surface area contributed by atoms with Crippen molar-refractivity contribution < 1.29 is 12.8 Å². The van der Waals surface area contributed by atoms with Crippen LogP contribution < -0.4 is 11.1 Å². The summed E-state index contributed by atoms with van der Waals surface area (Å²) in [6.07, 6.45) is 3.27. The van der Waals surface area contributed by atoms with Crippen LogP contribution in [0, 0.1) is 23.1 Å². The number of sulfonamides is 1. The van der Waals surface area contributed by atoms with Crippen molar-refractivity contribution >= 4 is 21.7 Å². The Kier molecular flexibility index (Phi) is 8.16. The predicted octanol–water partition coefficient (Wildman–Crippen LogP) is 5.19. The SMILES string of the molecule is N#CCc1ccc(-c2ccnc(Nc3ccc(S(=O)(=O)N4CCC([C@H](N)c5ccc(F)cc5)CC4)cc3)n2)cc1. The highest BCUT2D eigenvalue weighted by Gasteiger charge is 2.32. The average Bonchev–Trinajstić information content (AvgIpc) is 2.98. The summed E-state index contributed by atoms with van der Waals surface area (Å²) in [4.78, 5) is 9.06. The fraction of sp³-hybridized carbons (Fsp3) is 0.233. The number of nitrogens with zero attached hydrogens (tertiary/aromatic N) is 4. The van der Waals surface area contributed by atoms with Gasteiger partial charge in [0, 0.05) is 36.6 Å². The van der Waals surface area contributed by atoms with Crippen LogP contribution >= 0.6 is 0 Å². The maximum Gasteiger partial charge on any atom is 0.243 e. The molecule has 1 aliphatic heterocycles. The van der Waals surface area contributed by atoms with E-state index in [4.69, 9.17) is 11.0 Å².